The third-order valence-electron chi connectivity index (χ3n) is 3.15. The summed E-state index contributed by atoms with van der Waals surface area (Å²) in [6.45, 7) is 1.97. The maximum Gasteiger partial charge on any atom is 0.338 e. The van der Waals surface area contributed by atoms with E-state index in [-0.39, 0.29) is 31.4 Å². The molecule has 6 nitrogen and oxygen atoms in total. The number of imide groups is 1. The summed E-state index contributed by atoms with van der Waals surface area (Å²) >= 11 is 1.27. The number of carbonyl (C=O) groups is 3. The summed E-state index contributed by atoms with van der Waals surface area (Å²) in [7, 11) is 0. The second-order valence-electron chi connectivity index (χ2n) is 4.62. The molecule has 2 amide bonds. The molecular weight excluding hydrogens is 306 g/mol. The Morgan fingerprint density at radius 1 is 1.36 bits per heavy atom. The first-order valence-corrected chi connectivity index (χ1v) is 7.99. The Kier molecular flexibility index (Phi) is 5.57. The van der Waals surface area contributed by atoms with E-state index in [0.29, 0.717) is 17.0 Å². The molecule has 1 heterocycles. The van der Waals surface area contributed by atoms with Gasteiger partial charge in [-0.3, -0.25) is 9.59 Å². The summed E-state index contributed by atoms with van der Waals surface area (Å²) in [6, 6.07) is 6.17. The summed E-state index contributed by atoms with van der Waals surface area (Å²) in [5.74, 6) is -0.583. The lowest BCUT2D eigenvalue weighted by molar-refractivity contribution is -0.121. The number of aliphatic hydroxyl groups is 1. The second-order valence-corrected chi connectivity index (χ2v) is 5.93. The number of hydrogen-bond donors (Lipinski definition) is 1. The SMILES string of the molecule is CCOC(=O)c1ccc(N2C(=O)CC(SCCO)C2=O)cc1. The van der Waals surface area contributed by atoms with Crippen molar-refractivity contribution in [3.05, 3.63) is 29.8 Å². The van der Waals surface area contributed by atoms with Crippen LogP contribution in [0.1, 0.15) is 23.7 Å². The Labute approximate surface area is 132 Å². The Bertz CT molecular complexity index is 572. The van der Waals surface area contributed by atoms with Crippen LogP contribution in [0.4, 0.5) is 5.69 Å². The first kappa shape index (κ1) is 16.5. The summed E-state index contributed by atoms with van der Waals surface area (Å²) in [5.41, 5.74) is 0.811. The molecule has 1 aromatic rings. The molecule has 22 heavy (non-hydrogen) atoms. The Balaban J connectivity index is 2.12. The number of hydrogen-bond acceptors (Lipinski definition) is 6. The molecule has 1 N–H and O–H groups in total. The fraction of sp³-hybridized carbons (Fsp3) is 0.400. The van der Waals surface area contributed by atoms with Gasteiger partial charge in [0.2, 0.25) is 11.8 Å². The minimum absolute atomic E-state index is 0.0309. The van der Waals surface area contributed by atoms with Crippen LogP contribution in [0.2, 0.25) is 0 Å². The van der Waals surface area contributed by atoms with Gasteiger partial charge in [-0.1, -0.05) is 0 Å². The average molecular weight is 323 g/mol. The van der Waals surface area contributed by atoms with Gasteiger partial charge in [0, 0.05) is 12.2 Å². The van der Waals surface area contributed by atoms with Crippen LogP contribution in [-0.4, -0.2) is 47.1 Å². The number of amides is 2. The molecule has 1 unspecified atom stereocenters. The molecule has 1 fully saturated rings. The minimum Gasteiger partial charge on any atom is -0.462 e. The normalized spacial score (nSPS) is 17.9. The predicted molar refractivity (Wildman–Crippen MR) is 82.8 cm³/mol. The Morgan fingerprint density at radius 3 is 2.64 bits per heavy atom. The van der Waals surface area contributed by atoms with E-state index in [4.69, 9.17) is 9.84 Å². The highest BCUT2D eigenvalue weighted by Gasteiger charge is 2.39. The lowest BCUT2D eigenvalue weighted by Gasteiger charge is -2.15. The summed E-state index contributed by atoms with van der Waals surface area (Å²) < 4.78 is 4.88. The van der Waals surface area contributed by atoms with Crippen LogP contribution in [0.3, 0.4) is 0 Å². The highest BCUT2D eigenvalue weighted by atomic mass is 32.2. The molecular formula is C15H17NO5S. The van der Waals surface area contributed by atoms with Gasteiger partial charge in [0.25, 0.3) is 0 Å². The Morgan fingerprint density at radius 2 is 2.05 bits per heavy atom. The van der Waals surface area contributed by atoms with Gasteiger partial charge in [0.15, 0.2) is 0 Å². The average Bonchev–Trinajstić information content (AvgIpc) is 2.80. The van der Waals surface area contributed by atoms with Crippen molar-refractivity contribution in [3.63, 3.8) is 0 Å². The fourth-order valence-corrected chi connectivity index (χ4v) is 3.06. The van der Waals surface area contributed by atoms with Gasteiger partial charge in [0.05, 0.1) is 29.7 Å². The maximum atomic E-state index is 12.3. The first-order valence-electron chi connectivity index (χ1n) is 6.95. The lowest BCUT2D eigenvalue weighted by Crippen LogP contribution is -2.31. The number of anilines is 1. The maximum absolute atomic E-state index is 12.3. The van der Waals surface area contributed by atoms with E-state index in [1.165, 1.54) is 23.9 Å². The zero-order valence-electron chi connectivity index (χ0n) is 12.2. The molecule has 0 bridgehead atoms. The molecule has 1 aliphatic heterocycles. The molecule has 0 spiro atoms. The molecule has 1 aliphatic rings. The standard InChI is InChI=1S/C15H17NO5S/c1-2-21-15(20)10-3-5-11(6-4-10)16-13(18)9-12(14(16)19)22-8-7-17/h3-6,12,17H,2,7-9H2,1H3. The third kappa shape index (κ3) is 3.48. The van der Waals surface area contributed by atoms with Crippen molar-refractivity contribution in [2.75, 3.05) is 23.9 Å². The lowest BCUT2D eigenvalue weighted by atomic mass is 10.2. The number of thioether (sulfide) groups is 1. The summed E-state index contributed by atoms with van der Waals surface area (Å²) in [6.07, 6.45) is 0.128. The largest absolute Gasteiger partial charge is 0.462 e. The van der Waals surface area contributed by atoms with Gasteiger partial charge < -0.3 is 9.84 Å². The number of esters is 1. The summed E-state index contributed by atoms with van der Waals surface area (Å²) in [4.78, 5) is 37.0. The monoisotopic (exact) mass is 323 g/mol. The molecule has 0 aromatic heterocycles. The zero-order chi connectivity index (χ0) is 16.1. The van der Waals surface area contributed by atoms with E-state index in [1.54, 1.807) is 19.1 Å². The van der Waals surface area contributed by atoms with E-state index in [9.17, 15) is 14.4 Å². The van der Waals surface area contributed by atoms with E-state index < -0.39 is 11.2 Å². The van der Waals surface area contributed by atoms with E-state index in [1.807, 2.05) is 0 Å². The van der Waals surface area contributed by atoms with E-state index >= 15 is 0 Å². The number of rotatable bonds is 6. The van der Waals surface area contributed by atoms with Gasteiger partial charge in [-0.25, -0.2) is 9.69 Å². The quantitative estimate of drug-likeness (QED) is 0.626. The van der Waals surface area contributed by atoms with Crippen molar-refractivity contribution in [2.45, 2.75) is 18.6 Å². The highest BCUT2D eigenvalue weighted by molar-refractivity contribution is 8.00. The van der Waals surface area contributed by atoms with Gasteiger partial charge in [0.1, 0.15) is 0 Å². The molecule has 2 rings (SSSR count). The first-order chi connectivity index (χ1) is 10.6. The topological polar surface area (TPSA) is 83.9 Å². The molecule has 0 saturated carbocycles. The number of ether oxygens (including phenoxy) is 1. The minimum atomic E-state index is -0.454. The Hall–Kier alpha value is -1.86. The van der Waals surface area contributed by atoms with Crippen LogP contribution in [0.5, 0.6) is 0 Å². The van der Waals surface area contributed by atoms with Crippen LogP contribution in [0, 0.1) is 0 Å². The number of carbonyl (C=O) groups excluding carboxylic acids is 3. The van der Waals surface area contributed by atoms with Crippen molar-refractivity contribution in [3.8, 4) is 0 Å². The van der Waals surface area contributed by atoms with E-state index in [0.717, 1.165) is 4.90 Å². The van der Waals surface area contributed by atoms with Crippen molar-refractivity contribution in [1.29, 1.82) is 0 Å². The third-order valence-corrected chi connectivity index (χ3v) is 4.34. The molecule has 0 aliphatic carbocycles. The molecule has 1 saturated heterocycles. The van der Waals surface area contributed by atoms with Gasteiger partial charge in [-0.05, 0) is 31.2 Å². The van der Waals surface area contributed by atoms with E-state index in [2.05, 4.69) is 0 Å². The van der Waals surface area contributed by atoms with Crippen LogP contribution in [0.15, 0.2) is 24.3 Å². The predicted octanol–water partition coefficient (Wildman–Crippen LogP) is 1.22. The summed E-state index contributed by atoms with van der Waals surface area (Å²) in [5, 5.41) is 8.36. The smallest absolute Gasteiger partial charge is 0.338 e. The second kappa shape index (κ2) is 7.42. The van der Waals surface area contributed by atoms with Crippen molar-refractivity contribution >= 4 is 35.2 Å². The zero-order valence-corrected chi connectivity index (χ0v) is 13.0. The molecule has 7 heteroatoms. The van der Waals surface area contributed by atoms with Gasteiger partial charge in [-0.15, -0.1) is 11.8 Å². The molecule has 118 valence electrons. The van der Waals surface area contributed by atoms with Crippen LogP contribution >= 0.6 is 11.8 Å². The molecule has 1 aromatic carbocycles. The van der Waals surface area contributed by atoms with Crippen molar-refractivity contribution < 1.29 is 24.2 Å². The number of nitrogens with zero attached hydrogens (tertiary/aromatic N) is 1. The van der Waals surface area contributed by atoms with Crippen molar-refractivity contribution in [1.82, 2.24) is 0 Å². The highest BCUT2D eigenvalue weighted by Crippen LogP contribution is 2.29. The van der Waals surface area contributed by atoms with Crippen molar-refractivity contribution in [2.24, 2.45) is 0 Å². The number of aliphatic hydroxyl groups excluding tert-OH is 1. The molecule has 1 atom stereocenters. The number of benzene rings is 1. The van der Waals surface area contributed by atoms with Crippen LogP contribution in [-0.2, 0) is 14.3 Å². The fourth-order valence-electron chi connectivity index (χ4n) is 2.16. The van der Waals surface area contributed by atoms with Crippen LogP contribution in [0.25, 0.3) is 0 Å². The van der Waals surface area contributed by atoms with Gasteiger partial charge in [-0.2, -0.15) is 0 Å². The van der Waals surface area contributed by atoms with Gasteiger partial charge >= 0.3 is 5.97 Å². The molecule has 0 radical (unpaired) electrons. The van der Waals surface area contributed by atoms with Crippen LogP contribution < -0.4 is 4.90 Å².